The van der Waals surface area contributed by atoms with Crippen LogP contribution in [-0.2, 0) is 11.3 Å². The smallest absolute Gasteiger partial charge is 0.139 e. The summed E-state index contributed by atoms with van der Waals surface area (Å²) in [5, 5.41) is 1.11. The van der Waals surface area contributed by atoms with Crippen LogP contribution in [0.3, 0.4) is 0 Å². The first-order valence-electron chi connectivity index (χ1n) is 9.02. The van der Waals surface area contributed by atoms with Crippen LogP contribution in [0.5, 0.6) is 0 Å². The van der Waals surface area contributed by atoms with Gasteiger partial charge < -0.3 is 9.64 Å². The number of ether oxygens (including phenoxy) is 1. The van der Waals surface area contributed by atoms with E-state index in [1.54, 1.807) is 18.5 Å². The predicted octanol–water partition coefficient (Wildman–Crippen LogP) is 4.26. The molecule has 26 heavy (non-hydrogen) atoms. The van der Waals surface area contributed by atoms with E-state index in [0.29, 0.717) is 6.61 Å². The Morgan fingerprint density at radius 2 is 1.85 bits per heavy atom. The normalized spacial score (nSPS) is 15.5. The monoisotopic (exact) mass is 351 g/mol. The number of benzene rings is 2. The number of aromatic nitrogens is 2. The summed E-state index contributed by atoms with van der Waals surface area (Å²) in [5.74, 6) is 0.796. The SMILES string of the molecule is Cc1cccc2c(N3CCC(OCc4ccc(F)cc4)CC3)ncnc12. The molecule has 0 spiro atoms. The molecule has 0 radical (unpaired) electrons. The Hall–Kier alpha value is -2.53. The number of aryl methyl sites for hydroxylation is 1. The minimum Gasteiger partial charge on any atom is -0.373 e. The third kappa shape index (κ3) is 3.53. The number of anilines is 1. The van der Waals surface area contributed by atoms with Crippen molar-refractivity contribution in [3.63, 3.8) is 0 Å². The number of halogens is 1. The molecule has 2 aromatic carbocycles. The standard InChI is InChI=1S/C21H22FN3O/c1-15-3-2-4-19-20(15)23-14-24-21(19)25-11-9-18(10-12-25)26-13-16-5-7-17(22)8-6-16/h2-8,14,18H,9-13H2,1H3. The second-order valence-corrected chi connectivity index (χ2v) is 6.79. The molecule has 1 aliphatic rings. The summed E-state index contributed by atoms with van der Waals surface area (Å²) in [6.45, 7) is 4.43. The lowest BCUT2D eigenvalue weighted by molar-refractivity contribution is 0.0250. The van der Waals surface area contributed by atoms with Gasteiger partial charge in [0.05, 0.1) is 18.2 Å². The van der Waals surface area contributed by atoms with Gasteiger partial charge in [0, 0.05) is 18.5 Å². The highest BCUT2D eigenvalue weighted by Gasteiger charge is 2.22. The van der Waals surface area contributed by atoms with E-state index in [0.717, 1.165) is 48.2 Å². The van der Waals surface area contributed by atoms with Crippen molar-refractivity contribution in [3.05, 3.63) is 65.7 Å². The van der Waals surface area contributed by atoms with Gasteiger partial charge in [0.1, 0.15) is 18.0 Å². The van der Waals surface area contributed by atoms with Crippen LogP contribution in [0.4, 0.5) is 10.2 Å². The van der Waals surface area contributed by atoms with Crippen molar-refractivity contribution in [3.8, 4) is 0 Å². The molecule has 0 amide bonds. The van der Waals surface area contributed by atoms with Gasteiger partial charge in [-0.05, 0) is 49.1 Å². The largest absolute Gasteiger partial charge is 0.373 e. The van der Waals surface area contributed by atoms with Crippen molar-refractivity contribution < 1.29 is 9.13 Å². The van der Waals surface area contributed by atoms with Crippen LogP contribution >= 0.6 is 0 Å². The Bertz CT molecular complexity index is 889. The minimum absolute atomic E-state index is 0.214. The minimum atomic E-state index is -0.214. The molecule has 0 unspecified atom stereocenters. The molecule has 0 saturated carbocycles. The van der Waals surface area contributed by atoms with Crippen LogP contribution in [0.25, 0.3) is 10.9 Å². The lowest BCUT2D eigenvalue weighted by atomic mass is 10.1. The summed E-state index contributed by atoms with van der Waals surface area (Å²) in [4.78, 5) is 11.3. The van der Waals surface area contributed by atoms with Gasteiger partial charge >= 0.3 is 0 Å². The number of hydrogen-bond donors (Lipinski definition) is 0. The van der Waals surface area contributed by atoms with E-state index in [1.165, 1.54) is 17.7 Å². The molecule has 1 saturated heterocycles. The van der Waals surface area contributed by atoms with Crippen LogP contribution in [0.15, 0.2) is 48.8 Å². The fraction of sp³-hybridized carbons (Fsp3) is 0.333. The summed E-state index contributed by atoms with van der Waals surface area (Å²) in [5.41, 5.74) is 3.20. The third-order valence-corrected chi connectivity index (χ3v) is 4.99. The van der Waals surface area contributed by atoms with Gasteiger partial charge in [-0.1, -0.05) is 24.3 Å². The second kappa shape index (κ2) is 7.38. The van der Waals surface area contributed by atoms with Crippen LogP contribution in [-0.4, -0.2) is 29.2 Å². The average Bonchev–Trinajstić information content (AvgIpc) is 2.68. The fourth-order valence-corrected chi connectivity index (χ4v) is 3.50. The van der Waals surface area contributed by atoms with Gasteiger partial charge in [0.25, 0.3) is 0 Å². The molecule has 1 fully saturated rings. The molecule has 0 N–H and O–H groups in total. The van der Waals surface area contributed by atoms with Gasteiger partial charge in [0.2, 0.25) is 0 Å². The molecular weight excluding hydrogens is 329 g/mol. The van der Waals surface area contributed by atoms with Crippen molar-refractivity contribution in [2.75, 3.05) is 18.0 Å². The molecule has 0 atom stereocenters. The highest BCUT2D eigenvalue weighted by atomic mass is 19.1. The Balaban J connectivity index is 1.39. The van der Waals surface area contributed by atoms with Gasteiger partial charge in [-0.3, -0.25) is 0 Å². The maximum Gasteiger partial charge on any atom is 0.139 e. The molecular formula is C21H22FN3O. The Labute approximate surface area is 152 Å². The topological polar surface area (TPSA) is 38.2 Å². The summed E-state index contributed by atoms with van der Waals surface area (Å²) in [6, 6.07) is 12.7. The molecule has 2 heterocycles. The summed E-state index contributed by atoms with van der Waals surface area (Å²) in [7, 11) is 0. The molecule has 0 bridgehead atoms. The van der Waals surface area contributed by atoms with Gasteiger partial charge in [-0.2, -0.15) is 0 Å². The van der Waals surface area contributed by atoms with E-state index in [9.17, 15) is 4.39 Å². The van der Waals surface area contributed by atoms with E-state index < -0.39 is 0 Å². The van der Waals surface area contributed by atoms with E-state index in [1.807, 2.05) is 0 Å². The van der Waals surface area contributed by atoms with Crippen molar-refractivity contribution >= 4 is 16.7 Å². The first kappa shape index (κ1) is 16.9. The van der Waals surface area contributed by atoms with Gasteiger partial charge in [-0.15, -0.1) is 0 Å². The fourth-order valence-electron chi connectivity index (χ4n) is 3.50. The molecule has 134 valence electrons. The van der Waals surface area contributed by atoms with Crippen molar-refractivity contribution in [2.24, 2.45) is 0 Å². The van der Waals surface area contributed by atoms with E-state index >= 15 is 0 Å². The van der Waals surface area contributed by atoms with Crippen LogP contribution < -0.4 is 4.90 Å². The Morgan fingerprint density at radius 3 is 2.62 bits per heavy atom. The van der Waals surface area contributed by atoms with E-state index in [4.69, 9.17) is 4.74 Å². The lowest BCUT2D eigenvalue weighted by Gasteiger charge is -2.33. The zero-order chi connectivity index (χ0) is 17.9. The maximum absolute atomic E-state index is 13.0. The number of nitrogens with zero attached hydrogens (tertiary/aromatic N) is 3. The van der Waals surface area contributed by atoms with Crippen molar-refractivity contribution in [1.82, 2.24) is 9.97 Å². The molecule has 5 heteroatoms. The number of para-hydroxylation sites is 1. The summed E-state index contributed by atoms with van der Waals surface area (Å²) in [6.07, 6.45) is 3.80. The average molecular weight is 351 g/mol. The first-order chi connectivity index (χ1) is 12.7. The van der Waals surface area contributed by atoms with Crippen LogP contribution in [0, 0.1) is 12.7 Å². The number of rotatable bonds is 4. The zero-order valence-corrected chi connectivity index (χ0v) is 14.9. The highest BCUT2D eigenvalue weighted by Crippen LogP contribution is 2.28. The molecule has 0 aliphatic carbocycles. The number of piperidine rings is 1. The Morgan fingerprint density at radius 1 is 1.08 bits per heavy atom. The van der Waals surface area contributed by atoms with Gasteiger partial charge in [-0.25, -0.2) is 14.4 Å². The lowest BCUT2D eigenvalue weighted by Crippen LogP contribution is -2.37. The Kier molecular flexibility index (Phi) is 4.80. The van der Waals surface area contributed by atoms with E-state index in [2.05, 4.69) is 40.0 Å². The number of hydrogen-bond acceptors (Lipinski definition) is 4. The second-order valence-electron chi connectivity index (χ2n) is 6.79. The third-order valence-electron chi connectivity index (χ3n) is 4.99. The molecule has 1 aromatic heterocycles. The first-order valence-corrected chi connectivity index (χ1v) is 9.02. The quantitative estimate of drug-likeness (QED) is 0.704. The number of fused-ring (bicyclic) bond motifs is 1. The van der Waals surface area contributed by atoms with Crippen molar-refractivity contribution in [2.45, 2.75) is 32.5 Å². The van der Waals surface area contributed by atoms with Crippen molar-refractivity contribution in [1.29, 1.82) is 0 Å². The zero-order valence-electron chi connectivity index (χ0n) is 14.9. The van der Waals surface area contributed by atoms with Gasteiger partial charge in [0.15, 0.2) is 0 Å². The molecule has 4 rings (SSSR count). The molecule has 4 nitrogen and oxygen atoms in total. The van der Waals surface area contributed by atoms with Crippen LogP contribution in [0.1, 0.15) is 24.0 Å². The summed E-state index contributed by atoms with van der Waals surface area (Å²) >= 11 is 0. The van der Waals surface area contributed by atoms with E-state index in [-0.39, 0.29) is 11.9 Å². The maximum atomic E-state index is 13.0. The highest BCUT2D eigenvalue weighted by molar-refractivity contribution is 5.91. The van der Waals surface area contributed by atoms with Crippen LogP contribution in [0.2, 0.25) is 0 Å². The molecule has 3 aromatic rings. The molecule has 1 aliphatic heterocycles. The summed E-state index contributed by atoms with van der Waals surface area (Å²) < 4.78 is 19.0. The predicted molar refractivity (Wildman–Crippen MR) is 101 cm³/mol.